The van der Waals surface area contributed by atoms with Crippen molar-refractivity contribution in [3.63, 3.8) is 0 Å². The van der Waals surface area contributed by atoms with Crippen molar-refractivity contribution in [2.45, 2.75) is 26.9 Å². The smallest absolute Gasteiger partial charge is 0.146 e. The van der Waals surface area contributed by atoms with Crippen molar-refractivity contribution < 1.29 is 8.78 Å². The van der Waals surface area contributed by atoms with Crippen LogP contribution in [0.4, 0.5) is 14.5 Å². The summed E-state index contributed by atoms with van der Waals surface area (Å²) in [5, 5.41) is 7.64. The van der Waals surface area contributed by atoms with E-state index in [1.54, 1.807) is 11.6 Å². The van der Waals surface area contributed by atoms with Gasteiger partial charge in [-0.1, -0.05) is 11.6 Å². The minimum atomic E-state index is -0.503. The van der Waals surface area contributed by atoms with Crippen LogP contribution in [-0.4, -0.2) is 9.78 Å². The van der Waals surface area contributed by atoms with Gasteiger partial charge in [0, 0.05) is 6.54 Å². The second-order valence-corrected chi connectivity index (χ2v) is 4.52. The monoisotopic (exact) mass is 285 g/mol. The summed E-state index contributed by atoms with van der Waals surface area (Å²) in [6, 6.07) is 3.28. The fourth-order valence-corrected chi connectivity index (χ4v) is 2.05. The number of nitrogens with one attached hydrogen (secondary N) is 1. The lowest BCUT2D eigenvalue weighted by molar-refractivity contribution is 0.599. The topological polar surface area (TPSA) is 29.9 Å². The van der Waals surface area contributed by atoms with Crippen molar-refractivity contribution in [2.75, 3.05) is 5.32 Å². The molecule has 2 rings (SSSR count). The molecule has 3 nitrogen and oxygen atoms in total. The lowest BCUT2D eigenvalue weighted by Crippen LogP contribution is -2.09. The molecule has 0 radical (unpaired) electrons. The van der Waals surface area contributed by atoms with Gasteiger partial charge in [0.15, 0.2) is 0 Å². The second kappa shape index (κ2) is 5.57. The van der Waals surface area contributed by atoms with Crippen molar-refractivity contribution in [2.24, 2.45) is 0 Å². The molecular weight excluding hydrogens is 272 g/mol. The molecule has 1 aromatic heterocycles. The van der Waals surface area contributed by atoms with Crippen molar-refractivity contribution in [3.05, 3.63) is 46.2 Å². The van der Waals surface area contributed by atoms with E-state index in [0.29, 0.717) is 11.6 Å². The molecule has 0 fully saturated rings. The standard InChI is InChI=1S/C13H14ClF2N3/c1-3-19-12(13(14)8(2)18-19)7-17-11-6-9(15)4-5-10(11)16/h4-6,17H,3,7H2,1-2H3. The molecule has 0 saturated carbocycles. The van der Waals surface area contributed by atoms with E-state index in [2.05, 4.69) is 10.4 Å². The van der Waals surface area contributed by atoms with Gasteiger partial charge < -0.3 is 5.32 Å². The second-order valence-electron chi connectivity index (χ2n) is 4.14. The molecule has 1 aromatic carbocycles. The number of hydrogen-bond acceptors (Lipinski definition) is 2. The molecule has 0 unspecified atom stereocenters. The van der Waals surface area contributed by atoms with Crippen molar-refractivity contribution in [3.8, 4) is 0 Å². The molecule has 0 atom stereocenters. The van der Waals surface area contributed by atoms with Crippen LogP contribution < -0.4 is 5.32 Å². The van der Waals surface area contributed by atoms with Crippen molar-refractivity contribution in [1.29, 1.82) is 0 Å². The van der Waals surface area contributed by atoms with Crippen LogP contribution in [0.25, 0.3) is 0 Å². The predicted molar refractivity (Wildman–Crippen MR) is 71.3 cm³/mol. The van der Waals surface area contributed by atoms with Gasteiger partial charge in [-0.25, -0.2) is 8.78 Å². The third kappa shape index (κ3) is 2.87. The third-order valence-electron chi connectivity index (χ3n) is 2.83. The lowest BCUT2D eigenvalue weighted by Gasteiger charge is -2.09. The van der Waals surface area contributed by atoms with Gasteiger partial charge in [-0.2, -0.15) is 5.10 Å². The number of aryl methyl sites for hydroxylation is 2. The number of rotatable bonds is 4. The average Bonchev–Trinajstić information content (AvgIpc) is 2.66. The van der Waals surface area contributed by atoms with Crippen LogP contribution >= 0.6 is 11.6 Å². The minimum absolute atomic E-state index is 0.109. The minimum Gasteiger partial charge on any atom is -0.377 e. The van der Waals surface area contributed by atoms with Gasteiger partial charge in [0.25, 0.3) is 0 Å². The molecule has 2 aromatic rings. The van der Waals surface area contributed by atoms with Crippen LogP contribution in [0.15, 0.2) is 18.2 Å². The highest BCUT2D eigenvalue weighted by molar-refractivity contribution is 6.31. The Hall–Kier alpha value is -1.62. The number of nitrogens with zero attached hydrogens (tertiary/aromatic N) is 2. The molecular formula is C13H14ClF2N3. The van der Waals surface area contributed by atoms with Crippen LogP contribution in [0.5, 0.6) is 0 Å². The van der Waals surface area contributed by atoms with Gasteiger partial charge in [-0.3, -0.25) is 4.68 Å². The summed E-state index contributed by atoms with van der Waals surface area (Å²) in [5.74, 6) is -0.994. The SMILES string of the molecule is CCn1nc(C)c(Cl)c1CNc1cc(F)ccc1F. The molecule has 0 aliphatic rings. The van der Waals surface area contributed by atoms with Crippen molar-refractivity contribution >= 4 is 17.3 Å². The fourth-order valence-electron chi connectivity index (χ4n) is 1.85. The lowest BCUT2D eigenvalue weighted by atomic mass is 10.3. The Balaban J connectivity index is 2.21. The Morgan fingerprint density at radius 3 is 2.79 bits per heavy atom. The molecule has 0 amide bonds. The fraction of sp³-hybridized carbons (Fsp3) is 0.308. The molecule has 1 heterocycles. The summed E-state index contributed by atoms with van der Waals surface area (Å²) in [7, 11) is 0. The average molecular weight is 286 g/mol. The molecule has 0 aliphatic carbocycles. The first-order chi connectivity index (χ1) is 9.02. The van der Waals surface area contributed by atoms with Gasteiger partial charge in [-0.15, -0.1) is 0 Å². The van der Waals surface area contributed by atoms with Crippen LogP contribution in [0.3, 0.4) is 0 Å². The molecule has 1 N–H and O–H groups in total. The molecule has 0 bridgehead atoms. The maximum Gasteiger partial charge on any atom is 0.146 e. The summed E-state index contributed by atoms with van der Waals surface area (Å²) >= 11 is 6.14. The van der Waals surface area contributed by atoms with E-state index in [4.69, 9.17) is 11.6 Å². The summed E-state index contributed by atoms with van der Waals surface area (Å²) in [5.41, 5.74) is 1.59. The molecule has 0 spiro atoms. The van der Waals surface area contributed by atoms with E-state index in [-0.39, 0.29) is 12.2 Å². The van der Waals surface area contributed by atoms with Gasteiger partial charge in [0.1, 0.15) is 11.6 Å². The zero-order chi connectivity index (χ0) is 14.0. The van der Waals surface area contributed by atoms with Crippen molar-refractivity contribution in [1.82, 2.24) is 9.78 Å². The summed E-state index contributed by atoms with van der Waals surface area (Å²) in [4.78, 5) is 0. The number of halogens is 3. The third-order valence-corrected chi connectivity index (χ3v) is 3.32. The summed E-state index contributed by atoms with van der Waals surface area (Å²) in [6.07, 6.45) is 0. The van der Waals surface area contributed by atoms with Gasteiger partial charge >= 0.3 is 0 Å². The molecule has 6 heteroatoms. The highest BCUT2D eigenvalue weighted by Gasteiger charge is 2.13. The Morgan fingerprint density at radius 1 is 1.37 bits per heavy atom. The van der Waals surface area contributed by atoms with E-state index in [9.17, 15) is 8.78 Å². The first kappa shape index (κ1) is 13.8. The Labute approximate surface area is 115 Å². The zero-order valence-electron chi connectivity index (χ0n) is 10.7. The highest BCUT2D eigenvalue weighted by atomic mass is 35.5. The van der Waals surface area contributed by atoms with E-state index in [0.717, 1.165) is 29.6 Å². The molecule has 102 valence electrons. The van der Waals surface area contributed by atoms with Gasteiger partial charge in [-0.05, 0) is 32.0 Å². The summed E-state index contributed by atoms with van der Waals surface area (Å²) < 4.78 is 28.3. The van der Waals surface area contributed by atoms with Crippen LogP contribution in [0, 0.1) is 18.6 Å². The first-order valence-corrected chi connectivity index (χ1v) is 6.31. The molecule has 0 saturated heterocycles. The number of aromatic nitrogens is 2. The number of anilines is 1. The number of hydrogen-bond donors (Lipinski definition) is 1. The van der Waals surface area contributed by atoms with Crippen LogP contribution in [-0.2, 0) is 13.1 Å². The molecule has 0 aliphatic heterocycles. The normalized spacial score (nSPS) is 10.8. The largest absolute Gasteiger partial charge is 0.377 e. The maximum absolute atomic E-state index is 13.5. The molecule has 19 heavy (non-hydrogen) atoms. The number of benzene rings is 1. The van der Waals surface area contributed by atoms with Gasteiger partial charge in [0.05, 0.1) is 28.6 Å². The van der Waals surface area contributed by atoms with E-state index in [1.165, 1.54) is 0 Å². The predicted octanol–water partition coefficient (Wildman–Crippen LogP) is 3.76. The summed E-state index contributed by atoms with van der Waals surface area (Å²) in [6.45, 7) is 4.69. The van der Waals surface area contributed by atoms with E-state index in [1.807, 2.05) is 6.92 Å². The van der Waals surface area contributed by atoms with Crippen LogP contribution in [0.2, 0.25) is 5.02 Å². The van der Waals surface area contributed by atoms with E-state index < -0.39 is 11.6 Å². The quantitative estimate of drug-likeness (QED) is 0.927. The van der Waals surface area contributed by atoms with Gasteiger partial charge in [0.2, 0.25) is 0 Å². The first-order valence-electron chi connectivity index (χ1n) is 5.93. The zero-order valence-corrected chi connectivity index (χ0v) is 11.4. The Morgan fingerprint density at radius 2 is 2.11 bits per heavy atom. The van der Waals surface area contributed by atoms with E-state index >= 15 is 0 Å². The highest BCUT2D eigenvalue weighted by Crippen LogP contribution is 2.22. The maximum atomic E-state index is 13.5. The van der Waals surface area contributed by atoms with Crippen LogP contribution in [0.1, 0.15) is 18.3 Å². The Bertz CT molecular complexity index is 596. The Kier molecular flexibility index (Phi) is 4.04.